The van der Waals surface area contributed by atoms with Gasteiger partial charge in [0.2, 0.25) is 5.91 Å². The zero-order valence-corrected chi connectivity index (χ0v) is 16.7. The summed E-state index contributed by atoms with van der Waals surface area (Å²) in [6.07, 6.45) is 2.76. The first-order valence-corrected chi connectivity index (χ1v) is 10.5. The van der Waals surface area contributed by atoms with Crippen molar-refractivity contribution in [2.75, 3.05) is 11.4 Å². The van der Waals surface area contributed by atoms with E-state index in [1.807, 2.05) is 29.2 Å². The lowest BCUT2D eigenvalue weighted by Gasteiger charge is -2.19. The van der Waals surface area contributed by atoms with Crippen LogP contribution in [0.2, 0.25) is 0 Å². The van der Waals surface area contributed by atoms with E-state index in [-0.39, 0.29) is 11.8 Å². The Labute approximate surface area is 170 Å². The van der Waals surface area contributed by atoms with Gasteiger partial charge in [0.15, 0.2) is 0 Å². The number of carbonyl (C=O) groups is 1. The average Bonchev–Trinajstić information content (AvgIpc) is 3.32. The fourth-order valence-corrected chi connectivity index (χ4v) is 4.51. The molecule has 1 aliphatic rings. The Bertz CT molecular complexity index is 1190. The van der Waals surface area contributed by atoms with Crippen LogP contribution in [0.25, 0.3) is 21.8 Å². The van der Waals surface area contributed by atoms with Gasteiger partial charge in [-0.15, -0.1) is 0 Å². The van der Waals surface area contributed by atoms with Gasteiger partial charge in [-0.2, -0.15) is 0 Å². The zero-order valence-electron chi connectivity index (χ0n) is 16.7. The van der Waals surface area contributed by atoms with Crippen LogP contribution in [0.4, 0.5) is 5.69 Å². The van der Waals surface area contributed by atoms with E-state index in [1.165, 1.54) is 5.52 Å². The topological polar surface area (TPSA) is 38.1 Å². The highest BCUT2D eigenvalue weighted by atomic mass is 16.2. The predicted molar refractivity (Wildman–Crippen MR) is 118 cm³/mol. The lowest BCUT2D eigenvalue weighted by Crippen LogP contribution is -2.24. The first-order valence-electron chi connectivity index (χ1n) is 10.5. The lowest BCUT2D eigenvalue weighted by molar-refractivity contribution is -0.117. The third-order valence-corrected chi connectivity index (χ3v) is 5.97. The van der Waals surface area contributed by atoms with Crippen LogP contribution in [0.5, 0.6) is 0 Å². The summed E-state index contributed by atoms with van der Waals surface area (Å²) in [4.78, 5) is 19.9. The smallest absolute Gasteiger partial charge is 0.227 e. The molecule has 1 fully saturated rings. The molecule has 1 atom stereocenters. The highest BCUT2D eigenvalue weighted by molar-refractivity contribution is 6.05. The van der Waals surface area contributed by atoms with E-state index in [1.54, 1.807) is 0 Å². The first-order chi connectivity index (χ1) is 14.3. The molecule has 4 aromatic rings. The predicted octanol–water partition coefficient (Wildman–Crippen LogP) is 5.51. The quantitative estimate of drug-likeness (QED) is 0.456. The summed E-state index contributed by atoms with van der Waals surface area (Å²) in [5.74, 6) is 1.35. The molecule has 0 unspecified atom stereocenters. The largest absolute Gasteiger partial charge is 0.328 e. The van der Waals surface area contributed by atoms with Gasteiger partial charge in [-0.05, 0) is 30.0 Å². The van der Waals surface area contributed by atoms with Crippen LogP contribution >= 0.6 is 0 Å². The second kappa shape index (κ2) is 7.36. The minimum Gasteiger partial charge on any atom is -0.328 e. The van der Waals surface area contributed by atoms with Crippen LogP contribution in [-0.2, 0) is 11.3 Å². The van der Waals surface area contributed by atoms with Gasteiger partial charge in [0.05, 0.1) is 16.7 Å². The van der Waals surface area contributed by atoms with Crippen LogP contribution in [0.15, 0.2) is 66.7 Å². The molecule has 4 heteroatoms. The molecule has 146 valence electrons. The summed E-state index contributed by atoms with van der Waals surface area (Å²) in [6, 6.07) is 22.8. The normalized spacial score (nSPS) is 16.9. The fraction of sp³-hybridized carbons (Fsp3) is 0.280. The standard InChI is InChI=1S/C25H25N3O/c1-2-3-15-27-23-13-7-6-12-21(23)26-25(27)19-16-24(29)28(17-19)22-14-8-10-18-9-4-5-11-20(18)22/h4-14,19H,2-3,15-17H2,1H3/t19-/m0/s1. The van der Waals surface area contributed by atoms with E-state index in [2.05, 4.69) is 54.0 Å². The number of rotatable bonds is 5. The molecule has 0 spiro atoms. The number of anilines is 1. The molecule has 1 saturated heterocycles. The Morgan fingerprint density at radius 2 is 1.79 bits per heavy atom. The number of aromatic nitrogens is 2. The van der Waals surface area contributed by atoms with Crippen LogP contribution in [-0.4, -0.2) is 22.0 Å². The number of amides is 1. The number of benzene rings is 3. The molecule has 2 heterocycles. The van der Waals surface area contributed by atoms with Crippen molar-refractivity contribution in [3.8, 4) is 0 Å². The number of para-hydroxylation sites is 2. The second-order valence-corrected chi connectivity index (χ2v) is 7.87. The highest BCUT2D eigenvalue weighted by Crippen LogP contribution is 2.36. The van der Waals surface area contributed by atoms with Gasteiger partial charge in [0.1, 0.15) is 5.82 Å². The number of fused-ring (bicyclic) bond motifs is 2. The Balaban J connectivity index is 1.54. The molecule has 0 bridgehead atoms. The number of aryl methyl sites for hydroxylation is 1. The number of hydrogen-bond acceptors (Lipinski definition) is 2. The van der Waals surface area contributed by atoms with Crippen molar-refractivity contribution in [2.24, 2.45) is 0 Å². The van der Waals surface area contributed by atoms with Crippen LogP contribution in [0.1, 0.15) is 37.9 Å². The van der Waals surface area contributed by atoms with E-state index >= 15 is 0 Å². The monoisotopic (exact) mass is 383 g/mol. The van der Waals surface area contributed by atoms with Crippen molar-refractivity contribution in [3.05, 3.63) is 72.6 Å². The minimum absolute atomic E-state index is 0.116. The minimum atomic E-state index is 0.116. The second-order valence-electron chi connectivity index (χ2n) is 7.87. The molecule has 1 aromatic heterocycles. The molecule has 0 saturated carbocycles. The molecule has 0 N–H and O–H groups in total. The van der Waals surface area contributed by atoms with E-state index in [9.17, 15) is 4.79 Å². The summed E-state index contributed by atoms with van der Waals surface area (Å²) in [7, 11) is 0. The van der Waals surface area contributed by atoms with Gasteiger partial charge in [-0.3, -0.25) is 4.79 Å². The molecule has 29 heavy (non-hydrogen) atoms. The number of hydrogen-bond donors (Lipinski definition) is 0. The summed E-state index contributed by atoms with van der Waals surface area (Å²) >= 11 is 0. The van der Waals surface area contributed by atoms with E-state index in [0.717, 1.165) is 47.2 Å². The maximum absolute atomic E-state index is 13.0. The van der Waals surface area contributed by atoms with Gasteiger partial charge in [-0.1, -0.05) is 61.9 Å². The molecule has 1 aliphatic heterocycles. The van der Waals surface area contributed by atoms with Gasteiger partial charge in [-0.25, -0.2) is 4.98 Å². The fourth-order valence-electron chi connectivity index (χ4n) is 4.51. The molecule has 1 amide bonds. The molecule has 4 nitrogen and oxygen atoms in total. The molecule has 5 rings (SSSR count). The lowest BCUT2D eigenvalue weighted by atomic mass is 10.1. The Morgan fingerprint density at radius 1 is 1.00 bits per heavy atom. The first kappa shape index (κ1) is 17.9. The summed E-state index contributed by atoms with van der Waals surface area (Å²) in [5.41, 5.74) is 3.20. The van der Waals surface area contributed by atoms with Gasteiger partial charge >= 0.3 is 0 Å². The third-order valence-electron chi connectivity index (χ3n) is 5.97. The number of unbranched alkanes of at least 4 members (excludes halogenated alkanes) is 1. The van der Waals surface area contributed by atoms with Crippen molar-refractivity contribution in [3.63, 3.8) is 0 Å². The van der Waals surface area contributed by atoms with Crippen molar-refractivity contribution in [2.45, 2.75) is 38.6 Å². The van der Waals surface area contributed by atoms with Crippen molar-refractivity contribution >= 4 is 33.4 Å². The molecule has 0 radical (unpaired) electrons. The SMILES string of the molecule is CCCCn1c([C@H]2CC(=O)N(c3cccc4ccccc34)C2)nc2ccccc21. The summed E-state index contributed by atoms with van der Waals surface area (Å²) in [6.45, 7) is 3.84. The van der Waals surface area contributed by atoms with Gasteiger partial charge in [0, 0.05) is 30.8 Å². The van der Waals surface area contributed by atoms with Crippen molar-refractivity contribution in [1.29, 1.82) is 0 Å². The number of imidazole rings is 1. The van der Waals surface area contributed by atoms with Gasteiger partial charge in [0.25, 0.3) is 0 Å². The van der Waals surface area contributed by atoms with Gasteiger partial charge < -0.3 is 9.47 Å². The third kappa shape index (κ3) is 3.09. The molecular formula is C25H25N3O. The maximum Gasteiger partial charge on any atom is 0.227 e. The van der Waals surface area contributed by atoms with E-state index < -0.39 is 0 Å². The average molecular weight is 383 g/mol. The Hall–Kier alpha value is -3.14. The number of nitrogens with zero attached hydrogens (tertiary/aromatic N) is 3. The van der Waals surface area contributed by atoms with Crippen molar-refractivity contribution < 1.29 is 4.79 Å². The van der Waals surface area contributed by atoms with Crippen LogP contribution in [0.3, 0.4) is 0 Å². The highest BCUT2D eigenvalue weighted by Gasteiger charge is 2.35. The van der Waals surface area contributed by atoms with E-state index in [4.69, 9.17) is 4.98 Å². The maximum atomic E-state index is 13.0. The molecule has 0 aliphatic carbocycles. The van der Waals surface area contributed by atoms with Crippen LogP contribution in [0, 0.1) is 0 Å². The summed E-state index contributed by atoms with van der Waals surface area (Å²) in [5, 5.41) is 2.29. The van der Waals surface area contributed by atoms with Crippen molar-refractivity contribution in [1.82, 2.24) is 9.55 Å². The number of carbonyl (C=O) groups excluding carboxylic acids is 1. The Kier molecular flexibility index (Phi) is 4.55. The molecular weight excluding hydrogens is 358 g/mol. The molecule has 3 aromatic carbocycles. The van der Waals surface area contributed by atoms with Crippen LogP contribution < -0.4 is 4.90 Å². The Morgan fingerprint density at radius 3 is 2.69 bits per heavy atom. The summed E-state index contributed by atoms with van der Waals surface area (Å²) < 4.78 is 2.34. The zero-order chi connectivity index (χ0) is 19.8. The van der Waals surface area contributed by atoms with E-state index in [0.29, 0.717) is 13.0 Å².